The van der Waals surface area contributed by atoms with Gasteiger partial charge in [0.25, 0.3) is 0 Å². The number of phenols is 1. The Hall–Kier alpha value is -5.91. The zero-order valence-electron chi connectivity index (χ0n) is 22.6. The summed E-state index contributed by atoms with van der Waals surface area (Å²) in [5.74, 6) is -4.49. The Kier molecular flexibility index (Phi) is 10.2. The van der Waals surface area contributed by atoms with Crippen LogP contribution in [-0.4, -0.2) is 59.7 Å². The highest BCUT2D eigenvalue weighted by Crippen LogP contribution is 2.34. The molecule has 0 atom stereocenters. The van der Waals surface area contributed by atoms with Gasteiger partial charge in [0.2, 0.25) is 11.5 Å². The van der Waals surface area contributed by atoms with Crippen LogP contribution in [0.3, 0.4) is 0 Å². The summed E-state index contributed by atoms with van der Waals surface area (Å²) < 4.78 is 26.8. The molecule has 0 saturated carbocycles. The summed E-state index contributed by atoms with van der Waals surface area (Å²) in [6, 6.07) is 12.9. The fraction of sp³-hybridized carbons (Fsp3) is 0.100. The number of carbonyl (C=O) groups is 3. The summed E-state index contributed by atoms with van der Waals surface area (Å²) in [7, 11) is 4.02. The first kappa shape index (κ1) is 30.6. The van der Waals surface area contributed by atoms with E-state index in [2.05, 4.69) is 0 Å². The van der Waals surface area contributed by atoms with Gasteiger partial charge >= 0.3 is 17.9 Å². The number of aromatic hydroxyl groups is 1. The molecule has 3 aromatic carbocycles. The standard InChI is InChI=1S/C30H26O12/c1-38-23-13-18(4-8-20(23)31)15-26(29(34)35)42-22-10-6-19(14-25(22)40-3)16-27(30(36)37)41-21-9-5-17(7-11-28(32)33)12-24(21)39-2/h4-16,31H,1-3H3,(H,32,33)(H,34,35)(H,36,37)/b11-7+,26-15-,27-16-. The summed E-state index contributed by atoms with van der Waals surface area (Å²) in [6.45, 7) is 0. The van der Waals surface area contributed by atoms with Crippen molar-refractivity contribution in [2.75, 3.05) is 21.3 Å². The summed E-state index contributed by atoms with van der Waals surface area (Å²) in [4.78, 5) is 34.6. The molecule has 0 aliphatic rings. The number of methoxy groups -OCH3 is 3. The molecule has 42 heavy (non-hydrogen) atoms. The topological polar surface area (TPSA) is 178 Å². The molecule has 0 fully saturated rings. The minimum Gasteiger partial charge on any atom is -0.504 e. The Labute approximate surface area is 239 Å². The molecule has 12 nitrogen and oxygen atoms in total. The van der Waals surface area contributed by atoms with Crippen molar-refractivity contribution in [3.05, 3.63) is 88.9 Å². The first-order valence-electron chi connectivity index (χ1n) is 11.9. The number of carboxylic acids is 3. The highest BCUT2D eigenvalue weighted by Gasteiger charge is 2.17. The van der Waals surface area contributed by atoms with Gasteiger partial charge < -0.3 is 44.1 Å². The van der Waals surface area contributed by atoms with E-state index in [9.17, 15) is 29.7 Å². The number of phenolic OH excluding ortho intramolecular Hbond substituents is 1. The van der Waals surface area contributed by atoms with Gasteiger partial charge in [-0.25, -0.2) is 14.4 Å². The summed E-state index contributed by atoms with van der Waals surface area (Å²) in [5.41, 5.74) is 1.19. The van der Waals surface area contributed by atoms with Gasteiger partial charge in [-0.15, -0.1) is 0 Å². The molecule has 0 bridgehead atoms. The summed E-state index contributed by atoms with van der Waals surface area (Å²) in [6.07, 6.45) is 4.72. The molecule has 4 N–H and O–H groups in total. The third-order valence-electron chi connectivity index (χ3n) is 5.45. The summed E-state index contributed by atoms with van der Waals surface area (Å²) in [5, 5.41) is 38.0. The fourth-order valence-corrected chi connectivity index (χ4v) is 3.49. The van der Waals surface area contributed by atoms with Crippen molar-refractivity contribution in [1.82, 2.24) is 0 Å². The quantitative estimate of drug-likeness (QED) is 0.165. The number of hydrogen-bond acceptors (Lipinski definition) is 9. The van der Waals surface area contributed by atoms with Crippen LogP contribution in [0.2, 0.25) is 0 Å². The van der Waals surface area contributed by atoms with Gasteiger partial charge in [-0.2, -0.15) is 0 Å². The molecule has 0 aliphatic heterocycles. The lowest BCUT2D eigenvalue weighted by atomic mass is 10.1. The predicted molar refractivity (Wildman–Crippen MR) is 150 cm³/mol. The minimum atomic E-state index is -1.40. The van der Waals surface area contributed by atoms with Gasteiger partial charge in [-0.05, 0) is 71.3 Å². The molecule has 0 unspecified atom stereocenters. The number of aliphatic carboxylic acids is 3. The molecule has 218 valence electrons. The average molecular weight is 579 g/mol. The van der Waals surface area contributed by atoms with Crippen LogP contribution in [0.1, 0.15) is 16.7 Å². The number of benzene rings is 3. The van der Waals surface area contributed by atoms with Crippen molar-refractivity contribution in [3.8, 4) is 34.5 Å². The Morgan fingerprint density at radius 3 is 1.48 bits per heavy atom. The van der Waals surface area contributed by atoms with E-state index in [1.165, 1.54) is 94.2 Å². The van der Waals surface area contributed by atoms with E-state index in [1.807, 2.05) is 0 Å². The van der Waals surface area contributed by atoms with E-state index < -0.39 is 29.4 Å². The third-order valence-corrected chi connectivity index (χ3v) is 5.45. The molecule has 0 saturated heterocycles. The van der Waals surface area contributed by atoms with Crippen molar-refractivity contribution < 1.29 is 58.5 Å². The molecule has 12 heteroatoms. The van der Waals surface area contributed by atoms with Crippen LogP contribution in [0.5, 0.6) is 34.5 Å². The van der Waals surface area contributed by atoms with E-state index >= 15 is 0 Å². The molecular weight excluding hydrogens is 552 g/mol. The van der Waals surface area contributed by atoms with E-state index in [0.717, 1.165) is 6.08 Å². The monoisotopic (exact) mass is 578 g/mol. The van der Waals surface area contributed by atoms with Crippen molar-refractivity contribution >= 4 is 36.1 Å². The molecule has 0 aliphatic carbocycles. The zero-order chi connectivity index (χ0) is 30.8. The van der Waals surface area contributed by atoms with Crippen molar-refractivity contribution in [2.24, 2.45) is 0 Å². The van der Waals surface area contributed by atoms with Crippen molar-refractivity contribution in [3.63, 3.8) is 0 Å². The molecular formula is C30H26O12. The minimum absolute atomic E-state index is 0.0264. The second-order valence-corrected chi connectivity index (χ2v) is 8.26. The molecule has 3 rings (SSSR count). The Balaban J connectivity index is 1.91. The number of hydrogen-bond donors (Lipinski definition) is 4. The largest absolute Gasteiger partial charge is 0.504 e. The lowest BCUT2D eigenvalue weighted by molar-refractivity contribution is -0.135. The first-order valence-corrected chi connectivity index (χ1v) is 11.9. The highest BCUT2D eigenvalue weighted by molar-refractivity contribution is 5.92. The van der Waals surface area contributed by atoms with Crippen LogP contribution in [0.25, 0.3) is 18.2 Å². The predicted octanol–water partition coefficient (Wildman–Crippen LogP) is 4.52. The fourth-order valence-electron chi connectivity index (χ4n) is 3.49. The lowest BCUT2D eigenvalue weighted by Crippen LogP contribution is -2.09. The second-order valence-electron chi connectivity index (χ2n) is 8.26. The van der Waals surface area contributed by atoms with Gasteiger partial charge in [0.15, 0.2) is 34.5 Å². The molecule has 0 heterocycles. The van der Waals surface area contributed by atoms with Gasteiger partial charge in [-0.3, -0.25) is 0 Å². The zero-order valence-corrected chi connectivity index (χ0v) is 22.6. The lowest BCUT2D eigenvalue weighted by Gasteiger charge is -2.13. The molecule has 0 radical (unpaired) electrons. The number of rotatable bonds is 13. The van der Waals surface area contributed by atoms with Crippen LogP contribution in [-0.2, 0) is 14.4 Å². The maximum absolute atomic E-state index is 12.0. The smallest absolute Gasteiger partial charge is 0.371 e. The molecule has 0 aromatic heterocycles. The molecule has 3 aromatic rings. The first-order chi connectivity index (χ1) is 20.0. The highest BCUT2D eigenvalue weighted by atomic mass is 16.5. The van der Waals surface area contributed by atoms with E-state index in [4.69, 9.17) is 28.8 Å². The summed E-state index contributed by atoms with van der Waals surface area (Å²) >= 11 is 0. The Bertz CT molecular complexity index is 1580. The number of carboxylic acid groups (broad SMARTS) is 3. The van der Waals surface area contributed by atoms with E-state index in [1.54, 1.807) is 0 Å². The normalized spacial score (nSPS) is 11.6. The maximum Gasteiger partial charge on any atom is 0.371 e. The van der Waals surface area contributed by atoms with Crippen LogP contribution in [0.15, 0.2) is 72.2 Å². The van der Waals surface area contributed by atoms with Crippen LogP contribution >= 0.6 is 0 Å². The van der Waals surface area contributed by atoms with Gasteiger partial charge in [0.05, 0.1) is 21.3 Å². The van der Waals surface area contributed by atoms with Gasteiger partial charge in [0.1, 0.15) is 0 Å². The third kappa shape index (κ3) is 8.05. The van der Waals surface area contributed by atoms with Crippen LogP contribution in [0.4, 0.5) is 0 Å². The maximum atomic E-state index is 12.0. The Morgan fingerprint density at radius 2 is 1.02 bits per heavy atom. The van der Waals surface area contributed by atoms with E-state index in [-0.39, 0.29) is 34.5 Å². The Morgan fingerprint density at radius 1 is 0.595 bits per heavy atom. The van der Waals surface area contributed by atoms with Crippen molar-refractivity contribution in [1.29, 1.82) is 0 Å². The van der Waals surface area contributed by atoms with Crippen molar-refractivity contribution in [2.45, 2.75) is 0 Å². The van der Waals surface area contributed by atoms with Gasteiger partial charge in [0, 0.05) is 6.08 Å². The second kappa shape index (κ2) is 13.9. The molecule has 0 spiro atoms. The van der Waals surface area contributed by atoms with Crippen LogP contribution in [0, 0.1) is 0 Å². The average Bonchev–Trinajstić information content (AvgIpc) is 2.96. The van der Waals surface area contributed by atoms with Crippen LogP contribution < -0.4 is 23.7 Å². The number of ether oxygens (including phenoxy) is 5. The SMILES string of the molecule is COc1cc(/C=C(\Oc2ccc(/C=C(\Oc3ccc(/C=C/C(=O)O)cc3OC)C(=O)O)cc2OC)C(=O)O)ccc1O. The van der Waals surface area contributed by atoms with Gasteiger partial charge in [-0.1, -0.05) is 18.2 Å². The van der Waals surface area contributed by atoms with E-state index in [0.29, 0.717) is 16.7 Å². The molecule has 0 amide bonds.